The van der Waals surface area contributed by atoms with Gasteiger partial charge in [-0.1, -0.05) is 23.9 Å². The van der Waals surface area contributed by atoms with Gasteiger partial charge in [0.1, 0.15) is 6.33 Å². The molecule has 0 saturated carbocycles. The number of aryl methyl sites for hydroxylation is 2. The molecule has 8 heteroatoms. The smallest absolute Gasteiger partial charge is 0.233 e. The highest BCUT2D eigenvalue weighted by molar-refractivity contribution is 8.00. The molecule has 152 valence electrons. The Labute approximate surface area is 171 Å². The molecule has 1 fully saturated rings. The third kappa shape index (κ3) is 5.72. The van der Waals surface area contributed by atoms with Crippen molar-refractivity contribution in [3.63, 3.8) is 0 Å². The van der Waals surface area contributed by atoms with Crippen molar-refractivity contribution in [2.45, 2.75) is 30.7 Å². The maximum absolute atomic E-state index is 12.2. The molecular formula is C20H30N6OS. The van der Waals surface area contributed by atoms with Gasteiger partial charge < -0.3 is 14.8 Å². The Bertz CT molecular complexity index is 772. The second kappa shape index (κ2) is 9.93. The number of amides is 1. The molecule has 0 unspecified atom stereocenters. The minimum absolute atomic E-state index is 0.0530. The van der Waals surface area contributed by atoms with Crippen LogP contribution in [0.4, 0.5) is 5.69 Å². The van der Waals surface area contributed by atoms with Crippen LogP contribution in [0.15, 0.2) is 35.7 Å². The Kier molecular flexibility index (Phi) is 7.33. The number of hydrogen-bond donors (Lipinski definition) is 1. The fourth-order valence-corrected chi connectivity index (χ4v) is 4.12. The fraction of sp³-hybridized carbons (Fsp3) is 0.550. The van der Waals surface area contributed by atoms with Gasteiger partial charge in [-0.15, -0.1) is 10.2 Å². The molecule has 3 rings (SSSR count). The van der Waals surface area contributed by atoms with Crippen LogP contribution >= 0.6 is 11.8 Å². The summed E-state index contributed by atoms with van der Waals surface area (Å²) in [6, 6.07) is 8.72. The van der Waals surface area contributed by atoms with E-state index in [4.69, 9.17) is 0 Å². The van der Waals surface area contributed by atoms with E-state index in [9.17, 15) is 4.79 Å². The van der Waals surface area contributed by atoms with Crippen molar-refractivity contribution < 1.29 is 4.79 Å². The van der Waals surface area contributed by atoms with Gasteiger partial charge in [-0.2, -0.15) is 0 Å². The molecule has 1 atom stereocenters. The van der Waals surface area contributed by atoms with E-state index in [0.29, 0.717) is 6.54 Å². The van der Waals surface area contributed by atoms with Gasteiger partial charge in [-0.25, -0.2) is 0 Å². The Balaban J connectivity index is 1.31. The molecule has 0 aliphatic carbocycles. The van der Waals surface area contributed by atoms with E-state index >= 15 is 0 Å². The number of piperazine rings is 1. The number of nitrogens with one attached hydrogen (secondary N) is 1. The number of thioether (sulfide) groups is 1. The van der Waals surface area contributed by atoms with Crippen molar-refractivity contribution in [1.82, 2.24) is 25.0 Å². The molecule has 1 N–H and O–H groups in total. The monoisotopic (exact) mass is 402 g/mol. The summed E-state index contributed by atoms with van der Waals surface area (Å²) in [4.78, 5) is 17.2. The van der Waals surface area contributed by atoms with E-state index in [1.807, 2.05) is 18.5 Å². The van der Waals surface area contributed by atoms with Crippen LogP contribution in [0.1, 0.15) is 18.9 Å². The first kappa shape index (κ1) is 20.7. The van der Waals surface area contributed by atoms with Crippen LogP contribution in [0, 0.1) is 6.92 Å². The first-order valence-electron chi connectivity index (χ1n) is 9.85. The van der Waals surface area contributed by atoms with Crippen LogP contribution < -0.4 is 10.2 Å². The van der Waals surface area contributed by atoms with E-state index in [0.717, 1.165) is 44.3 Å². The molecule has 1 saturated heterocycles. The molecule has 0 spiro atoms. The van der Waals surface area contributed by atoms with Crippen LogP contribution in [0.3, 0.4) is 0 Å². The zero-order valence-corrected chi connectivity index (χ0v) is 17.8. The highest BCUT2D eigenvalue weighted by Gasteiger charge is 2.18. The van der Waals surface area contributed by atoms with Gasteiger partial charge in [-0.05, 0) is 44.5 Å². The van der Waals surface area contributed by atoms with E-state index in [1.165, 1.54) is 23.0 Å². The van der Waals surface area contributed by atoms with Crippen LogP contribution in [0.5, 0.6) is 0 Å². The summed E-state index contributed by atoms with van der Waals surface area (Å²) in [5, 5.41) is 11.5. The second-order valence-corrected chi connectivity index (χ2v) is 8.60. The average Bonchev–Trinajstić information content (AvgIpc) is 3.10. The van der Waals surface area contributed by atoms with Crippen molar-refractivity contribution in [3.05, 3.63) is 36.2 Å². The van der Waals surface area contributed by atoms with E-state index in [2.05, 4.69) is 56.5 Å². The maximum atomic E-state index is 12.2. The van der Waals surface area contributed by atoms with Gasteiger partial charge in [0.15, 0.2) is 5.16 Å². The Morgan fingerprint density at radius 1 is 1.29 bits per heavy atom. The van der Waals surface area contributed by atoms with E-state index < -0.39 is 0 Å². The Morgan fingerprint density at radius 3 is 2.75 bits per heavy atom. The number of carbonyl (C=O) groups is 1. The molecule has 1 amide bonds. The van der Waals surface area contributed by atoms with Gasteiger partial charge in [-0.3, -0.25) is 9.69 Å². The predicted octanol–water partition coefficient (Wildman–Crippen LogP) is 1.93. The number of carbonyl (C=O) groups excluding carboxylic acids is 1. The molecule has 2 heterocycles. The third-order valence-corrected chi connectivity index (χ3v) is 6.16. The Morgan fingerprint density at radius 2 is 2.07 bits per heavy atom. The second-order valence-electron chi connectivity index (χ2n) is 7.30. The number of benzene rings is 1. The van der Waals surface area contributed by atoms with Crippen molar-refractivity contribution >= 4 is 23.4 Å². The number of rotatable bonds is 8. The van der Waals surface area contributed by atoms with Gasteiger partial charge in [0.25, 0.3) is 0 Å². The number of aromatic nitrogens is 3. The molecule has 2 aromatic rings. The molecule has 0 radical (unpaired) electrons. The topological polar surface area (TPSA) is 66.3 Å². The van der Waals surface area contributed by atoms with Crippen LogP contribution in [0.2, 0.25) is 0 Å². The molecule has 0 bridgehead atoms. The summed E-state index contributed by atoms with van der Waals surface area (Å²) >= 11 is 1.43. The molecule has 1 aromatic heterocycles. The summed E-state index contributed by atoms with van der Waals surface area (Å²) in [5.74, 6) is 0.0530. The minimum Gasteiger partial charge on any atom is -0.369 e. The Hall–Kier alpha value is -2.06. The maximum Gasteiger partial charge on any atom is 0.233 e. The number of nitrogens with zero attached hydrogens (tertiary/aromatic N) is 5. The lowest BCUT2D eigenvalue weighted by Crippen LogP contribution is -2.47. The van der Waals surface area contributed by atoms with Gasteiger partial charge in [0, 0.05) is 45.5 Å². The normalized spacial score (nSPS) is 16.2. The molecule has 28 heavy (non-hydrogen) atoms. The zero-order valence-electron chi connectivity index (χ0n) is 17.0. The lowest BCUT2D eigenvalue weighted by molar-refractivity contribution is -0.120. The average molecular weight is 403 g/mol. The molecule has 1 aromatic carbocycles. The highest BCUT2D eigenvalue weighted by Crippen LogP contribution is 2.20. The summed E-state index contributed by atoms with van der Waals surface area (Å²) in [7, 11) is 1.88. The zero-order chi connectivity index (χ0) is 19.9. The first-order chi connectivity index (χ1) is 13.5. The lowest BCUT2D eigenvalue weighted by atomic mass is 10.2. The van der Waals surface area contributed by atoms with Crippen molar-refractivity contribution in [2.75, 3.05) is 44.2 Å². The largest absolute Gasteiger partial charge is 0.369 e. The number of anilines is 1. The standard InChI is InChI=1S/C20H30N6OS/c1-16-6-4-7-18(14-16)26-12-10-25(11-13-26)9-5-8-21-19(27)17(2)28-20-23-22-15-24(20)3/h4,6-7,14-15,17H,5,8-13H2,1-3H3,(H,21,27)/t17-/m0/s1. The van der Waals surface area contributed by atoms with Crippen LogP contribution in [-0.4, -0.2) is 70.1 Å². The summed E-state index contributed by atoms with van der Waals surface area (Å²) in [6.07, 6.45) is 2.61. The van der Waals surface area contributed by atoms with Gasteiger partial charge in [0.05, 0.1) is 5.25 Å². The van der Waals surface area contributed by atoms with Crippen molar-refractivity contribution in [1.29, 1.82) is 0 Å². The van der Waals surface area contributed by atoms with E-state index in [1.54, 1.807) is 6.33 Å². The molecule has 1 aliphatic rings. The quantitative estimate of drug-likeness (QED) is 0.538. The first-order valence-corrected chi connectivity index (χ1v) is 10.7. The number of hydrogen-bond acceptors (Lipinski definition) is 6. The van der Waals surface area contributed by atoms with Crippen molar-refractivity contribution in [3.8, 4) is 0 Å². The van der Waals surface area contributed by atoms with Crippen LogP contribution in [0.25, 0.3) is 0 Å². The summed E-state index contributed by atoms with van der Waals surface area (Å²) in [6.45, 7) is 10.0. The highest BCUT2D eigenvalue weighted by atomic mass is 32.2. The molecule has 7 nitrogen and oxygen atoms in total. The van der Waals surface area contributed by atoms with Gasteiger partial charge >= 0.3 is 0 Å². The van der Waals surface area contributed by atoms with Crippen molar-refractivity contribution in [2.24, 2.45) is 7.05 Å². The van der Waals surface area contributed by atoms with Crippen LogP contribution in [-0.2, 0) is 11.8 Å². The fourth-order valence-electron chi connectivity index (χ4n) is 3.30. The lowest BCUT2D eigenvalue weighted by Gasteiger charge is -2.36. The predicted molar refractivity (Wildman–Crippen MR) is 114 cm³/mol. The molecule has 1 aliphatic heterocycles. The summed E-state index contributed by atoms with van der Waals surface area (Å²) in [5.41, 5.74) is 2.63. The minimum atomic E-state index is -0.180. The van der Waals surface area contributed by atoms with E-state index in [-0.39, 0.29) is 11.2 Å². The third-order valence-electron chi connectivity index (χ3n) is 5.01. The van der Waals surface area contributed by atoms with Gasteiger partial charge in [0.2, 0.25) is 5.91 Å². The molecular weight excluding hydrogens is 372 g/mol. The summed E-state index contributed by atoms with van der Waals surface area (Å²) < 4.78 is 1.82. The SMILES string of the molecule is Cc1cccc(N2CCN(CCCNC(=O)[C@H](C)Sc3nncn3C)CC2)c1.